The number of anilines is 1. The molecule has 2 N–H and O–H groups in total. The Bertz CT molecular complexity index is 337. The first-order valence-electron chi connectivity index (χ1n) is 6.45. The molecule has 4 nitrogen and oxygen atoms in total. The van der Waals surface area contributed by atoms with Gasteiger partial charge in [-0.2, -0.15) is 4.98 Å². The van der Waals surface area contributed by atoms with Crippen molar-refractivity contribution in [2.24, 2.45) is 0 Å². The lowest BCUT2D eigenvalue weighted by atomic mass is 10.1. The van der Waals surface area contributed by atoms with E-state index >= 15 is 0 Å². The van der Waals surface area contributed by atoms with Crippen LogP contribution in [0.5, 0.6) is 5.88 Å². The minimum absolute atomic E-state index is 0.655. The van der Waals surface area contributed by atoms with E-state index in [-0.39, 0.29) is 0 Å². The quantitative estimate of drug-likeness (QED) is 0.792. The molecule has 1 aromatic rings. The zero-order valence-corrected chi connectivity index (χ0v) is 10.4. The highest BCUT2D eigenvalue weighted by molar-refractivity contribution is 5.36. The molecule has 1 saturated heterocycles. The van der Waals surface area contributed by atoms with Crippen LogP contribution in [0.4, 0.5) is 5.82 Å². The van der Waals surface area contributed by atoms with E-state index in [0.29, 0.717) is 18.5 Å². The van der Waals surface area contributed by atoms with Crippen LogP contribution in [-0.4, -0.2) is 30.7 Å². The maximum atomic E-state index is 5.36. The molecule has 1 unspecified atom stereocenters. The van der Waals surface area contributed by atoms with E-state index in [1.807, 2.05) is 25.1 Å². The van der Waals surface area contributed by atoms with Crippen molar-refractivity contribution in [3.05, 3.63) is 18.2 Å². The fourth-order valence-corrected chi connectivity index (χ4v) is 2.12. The first kappa shape index (κ1) is 12.2. The van der Waals surface area contributed by atoms with Crippen molar-refractivity contribution >= 4 is 5.82 Å². The van der Waals surface area contributed by atoms with E-state index in [9.17, 15) is 0 Å². The second-order valence-corrected chi connectivity index (χ2v) is 4.30. The van der Waals surface area contributed by atoms with Crippen molar-refractivity contribution in [2.75, 3.05) is 25.0 Å². The van der Waals surface area contributed by atoms with Gasteiger partial charge in [-0.05, 0) is 38.8 Å². The molecule has 2 heterocycles. The molecule has 0 spiro atoms. The molecule has 4 heteroatoms. The maximum Gasteiger partial charge on any atom is 0.215 e. The molecule has 1 aliphatic rings. The van der Waals surface area contributed by atoms with E-state index in [1.54, 1.807) is 0 Å². The second kappa shape index (κ2) is 6.45. The van der Waals surface area contributed by atoms with Crippen LogP contribution in [0.2, 0.25) is 0 Å². The van der Waals surface area contributed by atoms with Gasteiger partial charge in [0.05, 0.1) is 6.61 Å². The van der Waals surface area contributed by atoms with Gasteiger partial charge >= 0.3 is 0 Å². The molecular formula is C13H21N3O. The van der Waals surface area contributed by atoms with Gasteiger partial charge in [-0.3, -0.25) is 0 Å². The number of nitrogens with zero attached hydrogens (tertiary/aromatic N) is 1. The van der Waals surface area contributed by atoms with Gasteiger partial charge in [0, 0.05) is 18.7 Å². The molecule has 0 aromatic carbocycles. The fourth-order valence-electron chi connectivity index (χ4n) is 2.12. The van der Waals surface area contributed by atoms with Crippen molar-refractivity contribution in [1.82, 2.24) is 10.3 Å². The van der Waals surface area contributed by atoms with Crippen LogP contribution in [-0.2, 0) is 0 Å². The Labute approximate surface area is 103 Å². The summed E-state index contributed by atoms with van der Waals surface area (Å²) in [5.74, 6) is 1.59. The molecule has 1 aromatic heterocycles. The molecular weight excluding hydrogens is 214 g/mol. The SMILES string of the molecule is CCOc1cccc(NCCC2CCCN2)n1. The van der Waals surface area contributed by atoms with Crippen LogP contribution in [0, 0.1) is 0 Å². The van der Waals surface area contributed by atoms with Crippen LogP contribution < -0.4 is 15.4 Å². The van der Waals surface area contributed by atoms with Crippen LogP contribution in [0.3, 0.4) is 0 Å². The summed E-state index contributed by atoms with van der Waals surface area (Å²) in [7, 11) is 0. The van der Waals surface area contributed by atoms with E-state index in [4.69, 9.17) is 4.74 Å². The lowest BCUT2D eigenvalue weighted by Gasteiger charge is -2.11. The minimum Gasteiger partial charge on any atom is -0.478 e. The molecule has 1 aliphatic heterocycles. The molecule has 0 radical (unpaired) electrons. The van der Waals surface area contributed by atoms with Crippen LogP contribution in [0.15, 0.2) is 18.2 Å². The molecule has 2 rings (SSSR count). The largest absolute Gasteiger partial charge is 0.478 e. The summed E-state index contributed by atoms with van der Waals surface area (Å²) < 4.78 is 5.36. The Morgan fingerprint density at radius 3 is 3.24 bits per heavy atom. The Balaban J connectivity index is 1.75. The molecule has 0 amide bonds. The van der Waals surface area contributed by atoms with Crippen molar-refractivity contribution < 1.29 is 4.74 Å². The maximum absolute atomic E-state index is 5.36. The van der Waals surface area contributed by atoms with Gasteiger partial charge in [0.2, 0.25) is 5.88 Å². The van der Waals surface area contributed by atoms with Crippen molar-refractivity contribution in [3.8, 4) is 5.88 Å². The zero-order chi connectivity index (χ0) is 11.9. The smallest absolute Gasteiger partial charge is 0.215 e. The van der Waals surface area contributed by atoms with Gasteiger partial charge < -0.3 is 15.4 Å². The second-order valence-electron chi connectivity index (χ2n) is 4.30. The molecule has 94 valence electrons. The third kappa shape index (κ3) is 3.89. The number of ether oxygens (including phenoxy) is 1. The highest BCUT2D eigenvalue weighted by Gasteiger charge is 2.12. The predicted molar refractivity (Wildman–Crippen MR) is 69.5 cm³/mol. The highest BCUT2D eigenvalue weighted by atomic mass is 16.5. The Morgan fingerprint density at radius 1 is 1.53 bits per heavy atom. The molecule has 0 bridgehead atoms. The van der Waals surface area contributed by atoms with Gasteiger partial charge in [-0.25, -0.2) is 0 Å². The summed E-state index contributed by atoms with van der Waals surface area (Å²) in [5, 5.41) is 6.83. The Hall–Kier alpha value is -1.29. The van der Waals surface area contributed by atoms with E-state index in [0.717, 1.165) is 18.8 Å². The number of rotatable bonds is 6. The summed E-state index contributed by atoms with van der Waals surface area (Å²) in [5.41, 5.74) is 0. The van der Waals surface area contributed by atoms with Crippen LogP contribution in [0.25, 0.3) is 0 Å². The molecule has 0 aliphatic carbocycles. The summed E-state index contributed by atoms with van der Waals surface area (Å²) in [6.45, 7) is 4.75. The first-order chi connectivity index (χ1) is 8.38. The molecule has 1 fully saturated rings. The number of nitrogens with one attached hydrogen (secondary N) is 2. The van der Waals surface area contributed by atoms with Crippen molar-refractivity contribution in [3.63, 3.8) is 0 Å². The van der Waals surface area contributed by atoms with Crippen LogP contribution >= 0.6 is 0 Å². The monoisotopic (exact) mass is 235 g/mol. The third-order valence-corrected chi connectivity index (χ3v) is 2.98. The molecule has 0 saturated carbocycles. The van der Waals surface area contributed by atoms with E-state index in [1.165, 1.54) is 19.4 Å². The number of aromatic nitrogens is 1. The third-order valence-electron chi connectivity index (χ3n) is 2.98. The van der Waals surface area contributed by atoms with E-state index in [2.05, 4.69) is 15.6 Å². The average molecular weight is 235 g/mol. The fraction of sp³-hybridized carbons (Fsp3) is 0.615. The average Bonchev–Trinajstić information content (AvgIpc) is 2.83. The summed E-state index contributed by atoms with van der Waals surface area (Å²) >= 11 is 0. The molecule has 17 heavy (non-hydrogen) atoms. The number of hydrogen-bond donors (Lipinski definition) is 2. The summed E-state index contributed by atoms with van der Waals surface area (Å²) in [6.07, 6.45) is 3.76. The Kier molecular flexibility index (Phi) is 4.62. The topological polar surface area (TPSA) is 46.2 Å². The standard InChI is InChI=1S/C13H21N3O/c1-2-17-13-7-3-6-12(16-13)15-10-8-11-5-4-9-14-11/h3,6-7,11,14H,2,4-5,8-10H2,1H3,(H,15,16). The van der Waals surface area contributed by atoms with E-state index < -0.39 is 0 Å². The predicted octanol–water partition coefficient (Wildman–Crippen LogP) is 2.03. The van der Waals surface area contributed by atoms with Gasteiger partial charge in [-0.1, -0.05) is 6.07 Å². The van der Waals surface area contributed by atoms with Gasteiger partial charge in [0.25, 0.3) is 0 Å². The Morgan fingerprint density at radius 2 is 2.47 bits per heavy atom. The molecule has 1 atom stereocenters. The highest BCUT2D eigenvalue weighted by Crippen LogP contribution is 2.12. The summed E-state index contributed by atoms with van der Waals surface area (Å²) in [4.78, 5) is 4.37. The first-order valence-corrected chi connectivity index (χ1v) is 6.45. The van der Waals surface area contributed by atoms with Gasteiger partial charge in [-0.15, -0.1) is 0 Å². The zero-order valence-electron chi connectivity index (χ0n) is 10.4. The normalized spacial score (nSPS) is 19.2. The van der Waals surface area contributed by atoms with Crippen LogP contribution in [0.1, 0.15) is 26.2 Å². The number of hydrogen-bond acceptors (Lipinski definition) is 4. The lowest BCUT2D eigenvalue weighted by Crippen LogP contribution is -2.24. The van der Waals surface area contributed by atoms with Gasteiger partial charge in [0.15, 0.2) is 0 Å². The van der Waals surface area contributed by atoms with Gasteiger partial charge in [0.1, 0.15) is 5.82 Å². The van der Waals surface area contributed by atoms with Crippen molar-refractivity contribution in [1.29, 1.82) is 0 Å². The lowest BCUT2D eigenvalue weighted by molar-refractivity contribution is 0.327. The summed E-state index contributed by atoms with van der Waals surface area (Å²) in [6, 6.07) is 6.50. The minimum atomic E-state index is 0.655. The number of pyridine rings is 1. The van der Waals surface area contributed by atoms with Crippen molar-refractivity contribution in [2.45, 2.75) is 32.2 Å².